The zero-order chi connectivity index (χ0) is 76.3. The SMILES string of the molecule is COP(=O)(O)OCCCCCCNC(=O)CCCCC(=O)[C@H](CCCCNC(=O)CCCCO[C@@H]1O[C@H](CO)[C@H](O)[C@H](O)[C@H]1C)NC(=O)[C@H](CCCCNC(=O)CCCCO[C@@H]1O[C@H](CO)[C@H](O)[C@H](O)[C@H]1NC(C)=O)CC(=O)[C@@H](C)CCCCNC(=O)CCCCO[C@@H]1O[C@H](CO)[C@H](O)[C@H](O)[C@H]1C. The van der Waals surface area contributed by atoms with Crippen LogP contribution in [0.15, 0.2) is 0 Å². The van der Waals surface area contributed by atoms with Gasteiger partial charge in [0.1, 0.15) is 54.6 Å². The van der Waals surface area contributed by atoms with E-state index < -0.39 is 149 Å². The van der Waals surface area contributed by atoms with Gasteiger partial charge in [0.25, 0.3) is 0 Å². The number of hydrogen-bond acceptors (Lipinski definition) is 26. The molecule has 0 aromatic carbocycles. The molecule has 0 aromatic rings. The molecular weight excluding hydrogens is 1380 g/mol. The first-order chi connectivity index (χ1) is 49.2. The summed E-state index contributed by atoms with van der Waals surface area (Å²) in [5, 5.41) is 107. The third kappa shape index (κ3) is 36.9. The lowest BCUT2D eigenvalue weighted by Gasteiger charge is -2.42. The number of aliphatic hydroxyl groups excluding tert-OH is 9. The number of nitrogens with one attached hydrogen (secondary N) is 6. The quantitative estimate of drug-likeness (QED) is 0.0295. The van der Waals surface area contributed by atoms with Crippen LogP contribution in [0.3, 0.4) is 0 Å². The van der Waals surface area contributed by atoms with Gasteiger partial charge in [0, 0.05) is 122 Å². The monoisotopic (exact) mass is 1500 g/mol. The molecule has 0 saturated carbocycles. The average Bonchev–Trinajstić information content (AvgIpc) is 0.823. The molecule has 19 atom stereocenters. The second kappa shape index (κ2) is 52.6. The number of phosphoric acid groups is 1. The van der Waals surface area contributed by atoms with Crippen molar-refractivity contribution in [3.8, 4) is 0 Å². The molecule has 3 fully saturated rings. The zero-order valence-corrected chi connectivity index (χ0v) is 62.0. The van der Waals surface area contributed by atoms with E-state index in [-0.39, 0.29) is 126 Å². The molecule has 1 unspecified atom stereocenters. The molecule has 0 spiro atoms. The molecule has 0 aromatic heterocycles. The fourth-order valence-electron chi connectivity index (χ4n) is 12.1. The molecule has 6 amide bonds. The van der Waals surface area contributed by atoms with E-state index in [1.54, 1.807) is 20.8 Å². The van der Waals surface area contributed by atoms with Crippen LogP contribution in [0.2, 0.25) is 0 Å². The summed E-state index contributed by atoms with van der Waals surface area (Å²) in [6.07, 6.45) is -3.10. The van der Waals surface area contributed by atoms with Gasteiger partial charge in [-0.05, 0) is 109 Å². The van der Waals surface area contributed by atoms with E-state index in [1.807, 2.05) is 0 Å². The van der Waals surface area contributed by atoms with Crippen molar-refractivity contribution in [3.63, 3.8) is 0 Å². The molecule has 34 heteroatoms. The van der Waals surface area contributed by atoms with Crippen LogP contribution in [-0.2, 0) is 80.4 Å². The van der Waals surface area contributed by atoms with Gasteiger partial charge in [-0.25, -0.2) is 4.57 Å². The molecule has 0 radical (unpaired) electrons. The van der Waals surface area contributed by atoms with Crippen LogP contribution in [0.1, 0.15) is 201 Å². The highest BCUT2D eigenvalue weighted by molar-refractivity contribution is 7.47. The van der Waals surface area contributed by atoms with Crippen molar-refractivity contribution < 1.29 is 131 Å². The van der Waals surface area contributed by atoms with Crippen LogP contribution in [0.25, 0.3) is 0 Å². The summed E-state index contributed by atoms with van der Waals surface area (Å²) < 4.78 is 54.8. The maximum atomic E-state index is 14.5. The topological polar surface area (TPSA) is 502 Å². The van der Waals surface area contributed by atoms with Crippen LogP contribution < -0.4 is 31.9 Å². The van der Waals surface area contributed by atoms with Gasteiger partial charge in [-0.3, -0.25) is 47.4 Å². The minimum atomic E-state index is -4.04. The number of ketones is 2. The lowest BCUT2D eigenvalue weighted by Crippen LogP contribution is -2.64. The molecule has 0 aliphatic carbocycles. The normalized spacial score (nSPS) is 26.4. The number of rotatable bonds is 57. The van der Waals surface area contributed by atoms with E-state index in [1.165, 1.54) is 6.92 Å². The van der Waals surface area contributed by atoms with Gasteiger partial charge in [0.15, 0.2) is 24.7 Å². The van der Waals surface area contributed by atoms with E-state index in [4.69, 9.17) is 32.9 Å². The van der Waals surface area contributed by atoms with Crippen molar-refractivity contribution in [3.05, 3.63) is 0 Å². The maximum absolute atomic E-state index is 14.5. The van der Waals surface area contributed by atoms with Crippen LogP contribution in [0.5, 0.6) is 0 Å². The standard InChI is InChI=1S/C69H125N6O27P/c1-44(24-10-17-33-71-56(83)29-13-21-36-96-67-45(2)60(86)62(88)52(41-76)100-67)51(81)40-48(25-11-18-34-72-57(84)31-15-23-38-98-69-59(74-47(4)79)65(91)64(90)54(43-78)102-69)66(92)75-49(50(80)27-8-9-28-55(82)70-32-16-6-7-20-39-99-103(93,94)95-5)26-12-19-35-73-58(85)30-14-22-37-97-68-46(3)61(87)63(89)53(42-77)101-68/h44-46,48-49,52-54,59-65,67-69,76-78,86-91H,6-43H2,1-5H3,(H,70,82)(H,71,83)(H,72,84)(H,73,85)(H,74,79)(H,75,92)(H,93,94)/t44-,45+,46+,48+,49-,52+,53+,54+,59+,60+,61+,62-,63-,64-,65+,67+,68+,69+/m0/s1. The van der Waals surface area contributed by atoms with Gasteiger partial charge in [-0.1, -0.05) is 46.5 Å². The smallest absolute Gasteiger partial charge is 0.394 e. The van der Waals surface area contributed by atoms with Crippen molar-refractivity contribution in [1.82, 2.24) is 31.9 Å². The van der Waals surface area contributed by atoms with Crippen LogP contribution in [0, 0.1) is 23.7 Å². The third-order valence-corrected chi connectivity index (χ3v) is 19.8. The van der Waals surface area contributed by atoms with Crippen molar-refractivity contribution in [2.75, 3.05) is 79.5 Å². The molecule has 103 heavy (non-hydrogen) atoms. The van der Waals surface area contributed by atoms with E-state index in [9.17, 15) is 93.8 Å². The highest BCUT2D eigenvalue weighted by atomic mass is 31.2. The third-order valence-electron chi connectivity index (χ3n) is 18.8. The molecule has 598 valence electrons. The summed E-state index contributed by atoms with van der Waals surface area (Å²) >= 11 is 0. The lowest BCUT2D eigenvalue weighted by atomic mass is 9.88. The van der Waals surface area contributed by atoms with E-state index >= 15 is 0 Å². The Kier molecular flexibility index (Phi) is 47.5. The molecule has 3 saturated heterocycles. The van der Waals surface area contributed by atoms with Gasteiger partial charge in [-0.15, -0.1) is 0 Å². The maximum Gasteiger partial charge on any atom is 0.471 e. The van der Waals surface area contributed by atoms with Gasteiger partial charge in [0.05, 0.1) is 44.7 Å². The van der Waals surface area contributed by atoms with Gasteiger partial charge in [0.2, 0.25) is 35.4 Å². The Balaban J connectivity index is 1.61. The average molecular weight is 1500 g/mol. The number of ether oxygens (including phenoxy) is 6. The Bertz CT molecular complexity index is 2490. The summed E-state index contributed by atoms with van der Waals surface area (Å²) in [5.41, 5.74) is 0. The Morgan fingerprint density at radius 1 is 0.456 bits per heavy atom. The largest absolute Gasteiger partial charge is 0.471 e. The zero-order valence-electron chi connectivity index (χ0n) is 61.1. The van der Waals surface area contributed by atoms with Crippen molar-refractivity contribution in [2.45, 2.75) is 287 Å². The summed E-state index contributed by atoms with van der Waals surface area (Å²) in [6, 6.07) is -2.07. The van der Waals surface area contributed by atoms with Crippen LogP contribution in [-0.4, -0.2) is 263 Å². The van der Waals surface area contributed by atoms with Crippen molar-refractivity contribution in [1.29, 1.82) is 0 Å². The van der Waals surface area contributed by atoms with Crippen LogP contribution >= 0.6 is 7.82 Å². The first kappa shape index (κ1) is 92.9. The number of carbonyl (C=O) groups is 8. The number of amides is 6. The van der Waals surface area contributed by atoms with E-state index in [2.05, 4.69) is 36.4 Å². The number of hydrogen-bond donors (Lipinski definition) is 16. The predicted octanol–water partition coefficient (Wildman–Crippen LogP) is 0.766. The fourth-order valence-corrected chi connectivity index (χ4v) is 12.6. The number of Topliss-reactive ketones (excluding diaryl/α,β-unsaturated/α-hetero) is 2. The number of carbonyl (C=O) groups excluding carboxylic acids is 8. The Labute approximate surface area is 606 Å². The first-order valence-electron chi connectivity index (χ1n) is 37.1. The Hall–Kier alpha value is -4.33. The molecule has 0 bridgehead atoms. The molecule has 16 N–H and O–H groups in total. The van der Waals surface area contributed by atoms with Crippen molar-refractivity contribution in [2.24, 2.45) is 23.7 Å². The summed E-state index contributed by atoms with van der Waals surface area (Å²) in [5.74, 6) is -4.65. The minimum Gasteiger partial charge on any atom is -0.394 e. The van der Waals surface area contributed by atoms with E-state index in [0.29, 0.717) is 129 Å². The molecule has 3 heterocycles. The summed E-state index contributed by atoms with van der Waals surface area (Å²) in [7, 11) is -2.96. The number of unbranched alkanes of at least 4 members (excludes halogenated alkanes) is 10. The second-order valence-corrected chi connectivity index (χ2v) is 28.9. The lowest BCUT2D eigenvalue weighted by molar-refractivity contribution is -0.282. The first-order valence-corrected chi connectivity index (χ1v) is 38.6. The van der Waals surface area contributed by atoms with Gasteiger partial charge >= 0.3 is 7.82 Å². The molecule has 33 nitrogen and oxygen atoms in total. The minimum absolute atomic E-state index is 0.0417. The Morgan fingerprint density at radius 3 is 1.28 bits per heavy atom. The number of aliphatic hydroxyl groups is 9. The van der Waals surface area contributed by atoms with Gasteiger partial charge in [-0.2, -0.15) is 0 Å². The molecular formula is C69H125N6O27P. The number of phosphoric ester groups is 1. The highest BCUT2D eigenvalue weighted by Crippen LogP contribution is 2.42. The predicted molar refractivity (Wildman–Crippen MR) is 371 cm³/mol. The Morgan fingerprint density at radius 2 is 0.835 bits per heavy atom. The second-order valence-electron chi connectivity index (χ2n) is 27.3. The van der Waals surface area contributed by atoms with Gasteiger partial charge < -0.3 is 111 Å². The summed E-state index contributed by atoms with van der Waals surface area (Å²) in [6.45, 7) is 6.64. The fraction of sp³-hybridized carbons (Fsp3) is 0.884. The molecule has 3 aliphatic rings. The molecule has 3 rings (SSSR count). The van der Waals surface area contributed by atoms with Crippen LogP contribution in [0.4, 0.5) is 0 Å². The van der Waals surface area contributed by atoms with E-state index in [0.717, 1.165) is 13.5 Å². The summed E-state index contributed by atoms with van der Waals surface area (Å²) in [4.78, 5) is 115. The molecule has 3 aliphatic heterocycles. The highest BCUT2D eigenvalue weighted by Gasteiger charge is 2.46. The van der Waals surface area contributed by atoms with Crippen molar-refractivity contribution >= 4 is 54.8 Å².